The number of fused-ring (bicyclic) bond motifs is 2. The number of hydrogen-bond donors (Lipinski definition) is 1. The van der Waals surface area contributed by atoms with Crippen LogP contribution in [-0.2, 0) is 10.9 Å². The van der Waals surface area contributed by atoms with Gasteiger partial charge in [0, 0.05) is 35.8 Å². The fraction of sp³-hybridized carbons (Fsp3) is 0.333. The SMILES string of the molecule is Cc1nc2c(C#N)c(C(F)(F)F)nn2c(N2CC(OCCO)C2)c1-c1ccnc2cc(C(F)F)ccc12. The average molecular weight is 518 g/mol. The standard InChI is InChI=1S/C24H19F5N6O2/c1-12-19(16-4-5-31-18-8-13(21(25)26)2-3-15(16)18)23(34-10-14(11-34)37-7-6-36)35-22(32-12)17(9-30)20(33-35)24(27,28)29/h2-5,8,14,21,36H,6-7,10-11H2,1H3. The molecule has 4 aromatic rings. The van der Waals surface area contributed by atoms with Crippen molar-refractivity contribution >= 4 is 22.4 Å². The maximum atomic E-state index is 13.8. The monoisotopic (exact) mass is 518 g/mol. The summed E-state index contributed by atoms with van der Waals surface area (Å²) in [5.74, 6) is 0.254. The Hall–Kier alpha value is -3.89. The summed E-state index contributed by atoms with van der Waals surface area (Å²) in [5, 5.41) is 22.8. The van der Waals surface area contributed by atoms with Gasteiger partial charge in [-0.2, -0.15) is 28.0 Å². The van der Waals surface area contributed by atoms with E-state index in [1.165, 1.54) is 24.4 Å². The number of aromatic nitrogens is 4. The molecule has 0 atom stereocenters. The lowest BCUT2D eigenvalue weighted by Crippen LogP contribution is -2.53. The highest BCUT2D eigenvalue weighted by molar-refractivity contribution is 5.98. The number of aryl methyl sites for hydroxylation is 1. The Morgan fingerprint density at radius 3 is 2.65 bits per heavy atom. The zero-order valence-corrected chi connectivity index (χ0v) is 19.3. The Morgan fingerprint density at radius 2 is 2.00 bits per heavy atom. The van der Waals surface area contributed by atoms with Crippen LogP contribution in [0.5, 0.6) is 0 Å². The lowest BCUT2D eigenvalue weighted by Gasteiger charge is -2.41. The Bertz CT molecular complexity index is 1540. The van der Waals surface area contributed by atoms with Crippen molar-refractivity contribution in [1.29, 1.82) is 5.26 Å². The molecule has 0 amide bonds. The molecule has 0 aliphatic carbocycles. The summed E-state index contributed by atoms with van der Waals surface area (Å²) in [5.41, 5.74) is -0.978. The molecule has 0 saturated carbocycles. The Balaban J connectivity index is 1.77. The minimum atomic E-state index is -4.89. The van der Waals surface area contributed by atoms with Crippen molar-refractivity contribution in [3.63, 3.8) is 0 Å². The van der Waals surface area contributed by atoms with E-state index in [1.807, 2.05) is 0 Å². The van der Waals surface area contributed by atoms with Crippen LogP contribution in [0.2, 0.25) is 0 Å². The molecule has 8 nitrogen and oxygen atoms in total. The number of halogens is 5. The number of nitriles is 1. The highest BCUT2D eigenvalue weighted by Gasteiger charge is 2.41. The van der Waals surface area contributed by atoms with Crippen LogP contribution in [0.1, 0.15) is 28.9 Å². The molecule has 1 N–H and O–H groups in total. The Labute approximate surface area is 206 Å². The van der Waals surface area contributed by atoms with Gasteiger partial charge in [-0.1, -0.05) is 12.1 Å². The molecule has 3 aromatic heterocycles. The average Bonchev–Trinajstić information content (AvgIpc) is 3.21. The van der Waals surface area contributed by atoms with Crippen molar-refractivity contribution in [3.8, 4) is 17.2 Å². The first-order valence-electron chi connectivity index (χ1n) is 11.2. The van der Waals surface area contributed by atoms with Crippen LogP contribution in [0, 0.1) is 18.3 Å². The van der Waals surface area contributed by atoms with Crippen LogP contribution < -0.4 is 4.90 Å². The van der Waals surface area contributed by atoms with E-state index in [4.69, 9.17) is 9.84 Å². The molecule has 13 heteroatoms. The van der Waals surface area contributed by atoms with E-state index in [0.717, 1.165) is 4.52 Å². The molecule has 5 rings (SSSR count). The van der Waals surface area contributed by atoms with Crippen molar-refractivity contribution < 1.29 is 31.8 Å². The van der Waals surface area contributed by atoms with Gasteiger partial charge >= 0.3 is 6.18 Å². The summed E-state index contributed by atoms with van der Waals surface area (Å²) in [6, 6.07) is 7.22. The predicted molar refractivity (Wildman–Crippen MR) is 122 cm³/mol. The van der Waals surface area contributed by atoms with Crippen LogP contribution in [0.4, 0.5) is 27.8 Å². The maximum Gasteiger partial charge on any atom is 0.436 e. The maximum absolute atomic E-state index is 13.8. The molecule has 1 saturated heterocycles. The van der Waals surface area contributed by atoms with Crippen molar-refractivity contribution in [2.45, 2.75) is 25.6 Å². The van der Waals surface area contributed by atoms with Crippen LogP contribution >= 0.6 is 0 Å². The summed E-state index contributed by atoms with van der Waals surface area (Å²) in [6.07, 6.45) is -6.44. The fourth-order valence-electron chi connectivity index (χ4n) is 4.51. The van der Waals surface area contributed by atoms with E-state index in [-0.39, 0.29) is 55.0 Å². The van der Waals surface area contributed by atoms with Gasteiger partial charge in [0.1, 0.15) is 17.5 Å². The number of aliphatic hydroxyl groups excluding tert-OH is 1. The van der Waals surface area contributed by atoms with Gasteiger partial charge in [-0.25, -0.2) is 13.8 Å². The lowest BCUT2D eigenvalue weighted by atomic mass is 9.97. The van der Waals surface area contributed by atoms with Crippen LogP contribution in [0.3, 0.4) is 0 Å². The van der Waals surface area contributed by atoms with Gasteiger partial charge < -0.3 is 14.7 Å². The molecule has 1 aromatic carbocycles. The molecule has 1 fully saturated rings. The Morgan fingerprint density at radius 1 is 1.24 bits per heavy atom. The third-order valence-electron chi connectivity index (χ3n) is 6.18. The second kappa shape index (κ2) is 9.20. The van der Waals surface area contributed by atoms with Crippen LogP contribution in [0.15, 0.2) is 30.5 Å². The van der Waals surface area contributed by atoms with Gasteiger partial charge in [0.15, 0.2) is 11.3 Å². The smallest absolute Gasteiger partial charge is 0.394 e. The lowest BCUT2D eigenvalue weighted by molar-refractivity contribution is -0.141. The number of benzene rings is 1. The number of ether oxygens (including phenoxy) is 1. The fourth-order valence-corrected chi connectivity index (χ4v) is 4.51. The number of anilines is 1. The van der Waals surface area contributed by atoms with Crippen molar-refractivity contribution in [3.05, 3.63) is 53.0 Å². The number of alkyl halides is 5. The van der Waals surface area contributed by atoms with Gasteiger partial charge in [-0.15, -0.1) is 0 Å². The van der Waals surface area contributed by atoms with Crippen molar-refractivity contribution in [2.24, 2.45) is 0 Å². The van der Waals surface area contributed by atoms with Crippen LogP contribution in [-0.4, -0.2) is 57.1 Å². The minimum Gasteiger partial charge on any atom is -0.394 e. The van der Waals surface area contributed by atoms with Gasteiger partial charge in [0.25, 0.3) is 6.43 Å². The second-order valence-corrected chi connectivity index (χ2v) is 8.52. The normalized spacial score (nSPS) is 14.5. The summed E-state index contributed by atoms with van der Waals surface area (Å²) >= 11 is 0. The highest BCUT2D eigenvalue weighted by atomic mass is 19.4. The molecule has 37 heavy (non-hydrogen) atoms. The summed E-state index contributed by atoms with van der Waals surface area (Å²) in [4.78, 5) is 10.3. The molecule has 192 valence electrons. The molecular weight excluding hydrogens is 499 g/mol. The molecule has 1 aliphatic heterocycles. The molecule has 1 aliphatic rings. The molecule has 0 unspecified atom stereocenters. The first kappa shape index (κ1) is 24.8. The number of rotatable bonds is 6. The van der Waals surface area contributed by atoms with Gasteiger partial charge in [-0.3, -0.25) is 4.98 Å². The molecule has 0 radical (unpaired) electrons. The van der Waals surface area contributed by atoms with Gasteiger partial charge in [-0.05, 0) is 24.6 Å². The predicted octanol–water partition coefficient (Wildman–Crippen LogP) is 4.28. The Kier molecular flexibility index (Phi) is 6.17. The highest BCUT2D eigenvalue weighted by Crippen LogP contribution is 2.42. The number of pyridine rings is 1. The quantitative estimate of drug-likeness (QED) is 0.381. The van der Waals surface area contributed by atoms with Gasteiger partial charge in [0.2, 0.25) is 0 Å². The van der Waals surface area contributed by atoms with E-state index in [2.05, 4.69) is 15.1 Å². The summed E-state index contributed by atoms with van der Waals surface area (Å²) in [6.45, 7) is 2.10. The van der Waals surface area contributed by atoms with E-state index in [0.29, 0.717) is 22.2 Å². The molecule has 0 spiro atoms. The van der Waals surface area contributed by atoms with E-state index >= 15 is 0 Å². The second-order valence-electron chi connectivity index (χ2n) is 8.52. The van der Waals surface area contributed by atoms with E-state index in [1.54, 1.807) is 24.0 Å². The van der Waals surface area contributed by atoms with Gasteiger partial charge in [0.05, 0.1) is 30.5 Å². The van der Waals surface area contributed by atoms with Crippen molar-refractivity contribution in [1.82, 2.24) is 19.6 Å². The van der Waals surface area contributed by atoms with E-state index < -0.39 is 23.9 Å². The number of aliphatic hydroxyl groups is 1. The largest absolute Gasteiger partial charge is 0.436 e. The zero-order chi connectivity index (χ0) is 26.5. The number of hydrogen-bond acceptors (Lipinski definition) is 7. The minimum absolute atomic E-state index is 0.107. The first-order valence-corrected chi connectivity index (χ1v) is 11.2. The molecular formula is C24H19F5N6O2. The third kappa shape index (κ3) is 4.21. The molecule has 0 bridgehead atoms. The zero-order valence-electron chi connectivity index (χ0n) is 19.3. The topological polar surface area (TPSA) is 99.6 Å². The van der Waals surface area contributed by atoms with E-state index in [9.17, 15) is 27.2 Å². The summed E-state index contributed by atoms with van der Waals surface area (Å²) < 4.78 is 74.4. The third-order valence-corrected chi connectivity index (χ3v) is 6.18. The number of nitrogens with zero attached hydrogens (tertiary/aromatic N) is 6. The van der Waals surface area contributed by atoms with Crippen molar-refractivity contribution in [2.75, 3.05) is 31.2 Å². The van der Waals surface area contributed by atoms with Crippen LogP contribution in [0.25, 0.3) is 27.7 Å². The molecule has 4 heterocycles. The first-order chi connectivity index (χ1) is 17.6. The summed E-state index contributed by atoms with van der Waals surface area (Å²) in [7, 11) is 0.